The zero-order valence-electron chi connectivity index (χ0n) is 9.74. The molecule has 0 aromatic heterocycles. The largest absolute Gasteiger partial charge is 0.388 e. The van der Waals surface area contributed by atoms with Crippen molar-refractivity contribution in [2.24, 2.45) is 5.92 Å². The molecule has 0 bridgehead atoms. The zero-order valence-corrected chi connectivity index (χ0v) is 9.74. The van der Waals surface area contributed by atoms with E-state index in [0.717, 1.165) is 25.7 Å². The van der Waals surface area contributed by atoms with Gasteiger partial charge in [0.25, 0.3) is 0 Å². The van der Waals surface area contributed by atoms with E-state index in [4.69, 9.17) is 0 Å². The van der Waals surface area contributed by atoms with Gasteiger partial charge in [0, 0.05) is 5.69 Å². The second-order valence-electron chi connectivity index (χ2n) is 5.51. The normalized spacial score (nSPS) is 37.1. The number of benzene rings is 1. The molecule has 0 saturated heterocycles. The molecule has 86 valence electrons. The van der Waals surface area contributed by atoms with Gasteiger partial charge in [0.1, 0.15) is 0 Å². The van der Waals surface area contributed by atoms with Crippen molar-refractivity contribution in [1.82, 2.24) is 0 Å². The smallest absolute Gasteiger partial charge is 0.0853 e. The van der Waals surface area contributed by atoms with Crippen molar-refractivity contribution in [2.75, 3.05) is 5.32 Å². The highest BCUT2D eigenvalue weighted by atomic mass is 16.3. The van der Waals surface area contributed by atoms with E-state index in [9.17, 15) is 5.11 Å². The maximum atomic E-state index is 10.7. The molecule has 1 saturated carbocycles. The third-order valence-corrected chi connectivity index (χ3v) is 4.19. The first-order valence-corrected chi connectivity index (χ1v) is 6.24. The topological polar surface area (TPSA) is 32.3 Å². The van der Waals surface area contributed by atoms with Crippen molar-refractivity contribution in [3.63, 3.8) is 0 Å². The third-order valence-electron chi connectivity index (χ3n) is 4.19. The number of anilines is 1. The van der Waals surface area contributed by atoms with Crippen molar-refractivity contribution < 1.29 is 5.11 Å². The molecule has 3 rings (SSSR count). The molecule has 1 aliphatic carbocycles. The summed E-state index contributed by atoms with van der Waals surface area (Å²) in [4.78, 5) is 0. The van der Waals surface area contributed by atoms with Crippen LogP contribution in [0.2, 0.25) is 0 Å². The number of hydrogen-bond acceptors (Lipinski definition) is 2. The number of aliphatic hydroxyl groups is 1. The second-order valence-corrected chi connectivity index (χ2v) is 5.51. The van der Waals surface area contributed by atoms with E-state index in [-0.39, 0.29) is 6.04 Å². The van der Waals surface area contributed by atoms with Crippen LogP contribution in [0.1, 0.15) is 31.7 Å². The second kappa shape index (κ2) is 3.49. The van der Waals surface area contributed by atoms with E-state index < -0.39 is 5.60 Å². The van der Waals surface area contributed by atoms with Crippen molar-refractivity contribution in [1.29, 1.82) is 0 Å². The standard InChI is InChI=1S/C14H19NO/c1-10-6-7-14(16,9-10)13-8-11-4-2-3-5-12(11)15-13/h2-5,10,13,15-16H,6-9H2,1H3. The number of rotatable bonds is 1. The summed E-state index contributed by atoms with van der Waals surface area (Å²) in [5, 5.41) is 14.2. The minimum atomic E-state index is -0.488. The molecule has 0 amide bonds. The minimum absolute atomic E-state index is 0.217. The maximum absolute atomic E-state index is 10.7. The first-order chi connectivity index (χ1) is 7.67. The summed E-state index contributed by atoms with van der Waals surface area (Å²) in [5.41, 5.74) is 2.07. The molecule has 2 nitrogen and oxygen atoms in total. The highest BCUT2D eigenvalue weighted by Gasteiger charge is 2.44. The number of para-hydroxylation sites is 1. The molecule has 1 fully saturated rings. The summed E-state index contributed by atoms with van der Waals surface area (Å²) < 4.78 is 0. The fourth-order valence-electron chi connectivity index (χ4n) is 3.24. The monoisotopic (exact) mass is 217 g/mol. The van der Waals surface area contributed by atoms with Crippen molar-refractivity contribution in [2.45, 2.75) is 44.2 Å². The lowest BCUT2D eigenvalue weighted by Gasteiger charge is -2.30. The zero-order chi connectivity index (χ0) is 11.2. The predicted octanol–water partition coefficient (Wildman–Crippen LogP) is 2.57. The Balaban J connectivity index is 1.81. The van der Waals surface area contributed by atoms with Crippen LogP contribution in [0.15, 0.2) is 24.3 Å². The van der Waals surface area contributed by atoms with Crippen LogP contribution in [-0.4, -0.2) is 16.7 Å². The Morgan fingerprint density at radius 2 is 2.19 bits per heavy atom. The first kappa shape index (κ1) is 10.2. The van der Waals surface area contributed by atoms with E-state index >= 15 is 0 Å². The fourth-order valence-corrected chi connectivity index (χ4v) is 3.24. The summed E-state index contributed by atoms with van der Waals surface area (Å²) in [6, 6.07) is 8.61. The average molecular weight is 217 g/mol. The predicted molar refractivity (Wildman–Crippen MR) is 65.5 cm³/mol. The lowest BCUT2D eigenvalue weighted by molar-refractivity contribution is 0.0264. The summed E-state index contributed by atoms with van der Waals surface area (Å²) in [6.07, 6.45) is 4.02. The van der Waals surface area contributed by atoms with Crippen LogP contribution < -0.4 is 5.32 Å². The quantitative estimate of drug-likeness (QED) is 0.757. The summed E-state index contributed by atoms with van der Waals surface area (Å²) in [5.74, 6) is 0.663. The van der Waals surface area contributed by atoms with Gasteiger partial charge in [-0.1, -0.05) is 25.1 Å². The number of hydrogen-bond donors (Lipinski definition) is 2. The van der Waals surface area contributed by atoms with Crippen LogP contribution in [0.5, 0.6) is 0 Å². The van der Waals surface area contributed by atoms with E-state index in [0.29, 0.717) is 5.92 Å². The van der Waals surface area contributed by atoms with Gasteiger partial charge in [0.05, 0.1) is 11.6 Å². The summed E-state index contributed by atoms with van der Waals surface area (Å²) in [6.45, 7) is 2.24. The van der Waals surface area contributed by atoms with E-state index in [2.05, 4.69) is 36.5 Å². The van der Waals surface area contributed by atoms with Gasteiger partial charge in [0.15, 0.2) is 0 Å². The lowest BCUT2D eigenvalue weighted by Crippen LogP contribution is -2.43. The van der Waals surface area contributed by atoms with E-state index in [1.165, 1.54) is 11.3 Å². The number of nitrogens with one attached hydrogen (secondary N) is 1. The minimum Gasteiger partial charge on any atom is -0.388 e. The van der Waals surface area contributed by atoms with Crippen LogP contribution in [0.4, 0.5) is 5.69 Å². The van der Waals surface area contributed by atoms with Gasteiger partial charge in [-0.25, -0.2) is 0 Å². The van der Waals surface area contributed by atoms with Crippen LogP contribution in [-0.2, 0) is 6.42 Å². The fraction of sp³-hybridized carbons (Fsp3) is 0.571. The van der Waals surface area contributed by atoms with Crippen LogP contribution in [0.25, 0.3) is 0 Å². The number of fused-ring (bicyclic) bond motifs is 1. The van der Waals surface area contributed by atoms with Crippen LogP contribution in [0, 0.1) is 5.92 Å². The molecule has 1 aromatic carbocycles. The molecular formula is C14H19NO. The highest BCUT2D eigenvalue weighted by Crippen LogP contribution is 2.41. The van der Waals surface area contributed by atoms with Crippen LogP contribution >= 0.6 is 0 Å². The molecule has 1 aromatic rings. The summed E-state index contributed by atoms with van der Waals surface area (Å²) >= 11 is 0. The molecule has 2 heteroatoms. The van der Waals surface area contributed by atoms with Gasteiger partial charge >= 0.3 is 0 Å². The molecule has 16 heavy (non-hydrogen) atoms. The molecule has 2 aliphatic rings. The molecule has 2 N–H and O–H groups in total. The van der Waals surface area contributed by atoms with Gasteiger partial charge in [-0.15, -0.1) is 0 Å². The SMILES string of the molecule is CC1CCC(O)(C2Cc3ccccc3N2)C1. The maximum Gasteiger partial charge on any atom is 0.0853 e. The Hall–Kier alpha value is -1.02. The van der Waals surface area contributed by atoms with Crippen molar-refractivity contribution in [3.8, 4) is 0 Å². The van der Waals surface area contributed by atoms with Gasteiger partial charge in [-0.2, -0.15) is 0 Å². The molecular weight excluding hydrogens is 198 g/mol. The Morgan fingerprint density at radius 1 is 1.38 bits per heavy atom. The Labute approximate surface area is 96.7 Å². The molecule has 0 radical (unpaired) electrons. The Bertz CT molecular complexity index is 378. The van der Waals surface area contributed by atoms with Gasteiger partial charge < -0.3 is 10.4 Å². The third kappa shape index (κ3) is 1.52. The Morgan fingerprint density at radius 3 is 2.88 bits per heavy atom. The molecule has 3 atom stereocenters. The molecule has 1 aliphatic heterocycles. The molecule has 0 spiro atoms. The van der Waals surface area contributed by atoms with Crippen LogP contribution in [0.3, 0.4) is 0 Å². The van der Waals surface area contributed by atoms with E-state index in [1.807, 2.05) is 0 Å². The van der Waals surface area contributed by atoms with Crippen molar-refractivity contribution >= 4 is 5.69 Å². The first-order valence-electron chi connectivity index (χ1n) is 6.24. The Kier molecular flexibility index (Phi) is 2.21. The van der Waals surface area contributed by atoms with Crippen molar-refractivity contribution in [3.05, 3.63) is 29.8 Å². The lowest BCUT2D eigenvalue weighted by atomic mass is 9.89. The molecule has 1 heterocycles. The van der Waals surface area contributed by atoms with Gasteiger partial charge in [0.2, 0.25) is 0 Å². The van der Waals surface area contributed by atoms with Gasteiger partial charge in [-0.3, -0.25) is 0 Å². The van der Waals surface area contributed by atoms with Gasteiger partial charge in [-0.05, 0) is 43.2 Å². The highest BCUT2D eigenvalue weighted by molar-refractivity contribution is 5.57. The summed E-state index contributed by atoms with van der Waals surface area (Å²) in [7, 11) is 0. The van der Waals surface area contributed by atoms with E-state index in [1.54, 1.807) is 0 Å². The molecule has 3 unspecified atom stereocenters. The average Bonchev–Trinajstić information content (AvgIpc) is 2.83.